The van der Waals surface area contributed by atoms with Crippen LogP contribution in [0.15, 0.2) is 71.6 Å². The van der Waals surface area contributed by atoms with Crippen LogP contribution in [-0.4, -0.2) is 18.1 Å². The molecule has 30 heavy (non-hydrogen) atoms. The van der Waals surface area contributed by atoms with E-state index >= 15 is 0 Å². The minimum absolute atomic E-state index is 0.183. The number of anilines is 1. The highest BCUT2D eigenvalue weighted by Gasteiger charge is 2.27. The molecule has 1 N–H and O–H groups in total. The number of nitrogens with one attached hydrogen (secondary N) is 1. The summed E-state index contributed by atoms with van der Waals surface area (Å²) in [5.74, 6) is -1.26. The van der Waals surface area contributed by atoms with Gasteiger partial charge in [0.2, 0.25) is 6.10 Å². The molecule has 0 saturated heterocycles. The van der Waals surface area contributed by atoms with Crippen LogP contribution >= 0.6 is 46.6 Å². The number of rotatable bonds is 6. The standard InChI is InChI=1S/C22H16Cl3NO3S/c1-30-17-7-8-19(25)18(12-17)22(28)29-20(13-5-3-2-4-6-13)21(27)26-16-10-14(23)9-15(24)11-16/h2-12,20H,1H3,(H,26,27). The predicted octanol–water partition coefficient (Wildman–Crippen LogP) is 6.91. The van der Waals surface area contributed by atoms with Crippen molar-refractivity contribution in [2.24, 2.45) is 0 Å². The molecule has 0 aliphatic rings. The summed E-state index contributed by atoms with van der Waals surface area (Å²) in [5.41, 5.74) is 1.08. The van der Waals surface area contributed by atoms with Gasteiger partial charge in [0.15, 0.2) is 0 Å². The maximum absolute atomic E-state index is 13.0. The van der Waals surface area contributed by atoms with Gasteiger partial charge >= 0.3 is 5.97 Å². The second-order valence-corrected chi connectivity index (χ2v) is 8.35. The zero-order valence-electron chi connectivity index (χ0n) is 15.7. The molecule has 0 fully saturated rings. The van der Waals surface area contributed by atoms with E-state index < -0.39 is 18.0 Å². The van der Waals surface area contributed by atoms with Crippen LogP contribution in [0.4, 0.5) is 5.69 Å². The van der Waals surface area contributed by atoms with E-state index in [1.165, 1.54) is 11.8 Å². The average molecular weight is 481 g/mol. The third kappa shape index (κ3) is 5.70. The Labute approximate surface area is 193 Å². The Morgan fingerprint density at radius 2 is 1.60 bits per heavy atom. The predicted molar refractivity (Wildman–Crippen MR) is 123 cm³/mol. The number of amides is 1. The SMILES string of the molecule is CSc1ccc(Cl)c(C(=O)OC(C(=O)Nc2cc(Cl)cc(Cl)c2)c2ccccc2)c1. The molecule has 0 bridgehead atoms. The first-order chi connectivity index (χ1) is 14.4. The normalized spacial score (nSPS) is 11.6. The molecule has 1 atom stereocenters. The number of carbonyl (C=O) groups excluding carboxylic acids is 2. The van der Waals surface area contributed by atoms with Gasteiger partial charge in [-0.15, -0.1) is 11.8 Å². The van der Waals surface area contributed by atoms with Crippen molar-refractivity contribution < 1.29 is 14.3 Å². The van der Waals surface area contributed by atoms with Gasteiger partial charge in [0.1, 0.15) is 0 Å². The Morgan fingerprint density at radius 1 is 0.933 bits per heavy atom. The van der Waals surface area contributed by atoms with Crippen LogP contribution in [0, 0.1) is 0 Å². The molecule has 0 saturated carbocycles. The van der Waals surface area contributed by atoms with E-state index in [9.17, 15) is 9.59 Å². The molecule has 0 spiro atoms. The molecule has 0 radical (unpaired) electrons. The zero-order chi connectivity index (χ0) is 21.7. The van der Waals surface area contributed by atoms with Crippen molar-refractivity contribution in [3.8, 4) is 0 Å². The summed E-state index contributed by atoms with van der Waals surface area (Å²) in [7, 11) is 0. The summed E-state index contributed by atoms with van der Waals surface area (Å²) in [6, 6.07) is 18.4. The molecule has 1 amide bonds. The Bertz CT molecular complexity index is 1060. The second-order valence-electron chi connectivity index (χ2n) is 6.19. The van der Waals surface area contributed by atoms with Crippen molar-refractivity contribution in [3.05, 3.63) is 92.9 Å². The number of esters is 1. The van der Waals surface area contributed by atoms with Crippen molar-refractivity contribution in [2.45, 2.75) is 11.0 Å². The number of thioether (sulfide) groups is 1. The van der Waals surface area contributed by atoms with E-state index in [2.05, 4.69) is 5.32 Å². The van der Waals surface area contributed by atoms with Gasteiger partial charge in [-0.05, 0) is 42.7 Å². The first-order valence-corrected chi connectivity index (χ1v) is 11.1. The van der Waals surface area contributed by atoms with Crippen molar-refractivity contribution in [1.29, 1.82) is 0 Å². The maximum Gasteiger partial charge on any atom is 0.340 e. The molecule has 1 unspecified atom stereocenters. The molecule has 0 aliphatic carbocycles. The molecular formula is C22H16Cl3NO3S. The van der Waals surface area contributed by atoms with Gasteiger partial charge < -0.3 is 10.1 Å². The number of ether oxygens (including phenoxy) is 1. The Kier molecular flexibility index (Phi) is 7.67. The van der Waals surface area contributed by atoms with Gasteiger partial charge in [0.25, 0.3) is 5.91 Å². The minimum Gasteiger partial charge on any atom is -0.444 e. The van der Waals surface area contributed by atoms with Crippen molar-refractivity contribution >= 4 is 64.1 Å². The lowest BCUT2D eigenvalue weighted by Gasteiger charge is -2.19. The van der Waals surface area contributed by atoms with Crippen LogP contribution in [-0.2, 0) is 9.53 Å². The van der Waals surface area contributed by atoms with Crippen molar-refractivity contribution in [1.82, 2.24) is 0 Å². The smallest absolute Gasteiger partial charge is 0.340 e. The summed E-state index contributed by atoms with van der Waals surface area (Å²) in [5, 5.41) is 3.67. The number of carbonyl (C=O) groups is 2. The fraction of sp³-hybridized carbons (Fsp3) is 0.0909. The van der Waals surface area contributed by atoms with Crippen LogP contribution in [0.3, 0.4) is 0 Å². The summed E-state index contributed by atoms with van der Waals surface area (Å²) < 4.78 is 5.59. The van der Waals surface area contributed by atoms with Crippen molar-refractivity contribution in [2.75, 3.05) is 11.6 Å². The Hall–Kier alpha value is -2.18. The molecule has 4 nitrogen and oxygen atoms in total. The lowest BCUT2D eigenvalue weighted by atomic mass is 10.1. The molecule has 3 aromatic carbocycles. The van der Waals surface area contributed by atoms with Crippen LogP contribution in [0.1, 0.15) is 22.0 Å². The highest BCUT2D eigenvalue weighted by atomic mass is 35.5. The van der Waals surface area contributed by atoms with E-state index in [0.29, 0.717) is 21.3 Å². The van der Waals surface area contributed by atoms with Crippen molar-refractivity contribution in [3.63, 3.8) is 0 Å². The molecule has 0 heterocycles. The second kappa shape index (κ2) is 10.2. The highest BCUT2D eigenvalue weighted by molar-refractivity contribution is 7.98. The van der Waals surface area contributed by atoms with Crippen LogP contribution in [0.2, 0.25) is 15.1 Å². The van der Waals surface area contributed by atoms with Gasteiger partial charge in [0, 0.05) is 26.2 Å². The molecule has 0 aliphatic heterocycles. The summed E-state index contributed by atoms with van der Waals surface area (Å²) in [6.45, 7) is 0. The lowest BCUT2D eigenvalue weighted by molar-refractivity contribution is -0.125. The first kappa shape index (κ1) is 22.5. The van der Waals surface area contributed by atoms with E-state index in [1.54, 1.807) is 66.7 Å². The van der Waals surface area contributed by atoms with E-state index in [0.717, 1.165) is 4.90 Å². The molecule has 0 aromatic heterocycles. The lowest BCUT2D eigenvalue weighted by Crippen LogP contribution is -2.26. The summed E-state index contributed by atoms with van der Waals surface area (Å²) >= 11 is 19.7. The van der Waals surface area contributed by atoms with Crippen LogP contribution in [0.25, 0.3) is 0 Å². The van der Waals surface area contributed by atoms with Gasteiger partial charge in [-0.2, -0.15) is 0 Å². The van der Waals surface area contributed by atoms with Gasteiger partial charge in [-0.3, -0.25) is 4.79 Å². The molecule has 8 heteroatoms. The topological polar surface area (TPSA) is 55.4 Å². The van der Waals surface area contributed by atoms with Crippen LogP contribution < -0.4 is 5.32 Å². The summed E-state index contributed by atoms with van der Waals surface area (Å²) in [6.07, 6.45) is 0.680. The quantitative estimate of drug-likeness (QED) is 0.308. The van der Waals surface area contributed by atoms with Gasteiger partial charge in [0.05, 0.1) is 10.6 Å². The molecule has 3 rings (SSSR count). The molecular weight excluding hydrogens is 465 g/mol. The maximum atomic E-state index is 13.0. The number of benzene rings is 3. The first-order valence-electron chi connectivity index (χ1n) is 8.74. The van der Waals surface area contributed by atoms with E-state index in [4.69, 9.17) is 39.5 Å². The number of halogens is 3. The summed E-state index contributed by atoms with van der Waals surface area (Å²) in [4.78, 5) is 26.7. The zero-order valence-corrected chi connectivity index (χ0v) is 18.8. The Morgan fingerprint density at radius 3 is 2.23 bits per heavy atom. The molecule has 154 valence electrons. The van der Waals surface area contributed by atoms with Gasteiger partial charge in [-0.25, -0.2) is 4.79 Å². The van der Waals surface area contributed by atoms with Crippen LogP contribution in [0.5, 0.6) is 0 Å². The fourth-order valence-electron chi connectivity index (χ4n) is 2.69. The molecule has 3 aromatic rings. The monoisotopic (exact) mass is 479 g/mol. The number of hydrogen-bond acceptors (Lipinski definition) is 4. The average Bonchev–Trinajstić information content (AvgIpc) is 2.72. The van der Waals surface area contributed by atoms with E-state index in [-0.39, 0.29) is 10.6 Å². The van der Waals surface area contributed by atoms with E-state index in [1.807, 2.05) is 6.26 Å². The largest absolute Gasteiger partial charge is 0.444 e. The number of hydrogen-bond donors (Lipinski definition) is 1. The fourth-order valence-corrected chi connectivity index (χ4v) is 3.85. The third-order valence-electron chi connectivity index (χ3n) is 4.09. The van der Waals surface area contributed by atoms with Gasteiger partial charge in [-0.1, -0.05) is 65.1 Å². The highest BCUT2D eigenvalue weighted by Crippen LogP contribution is 2.28. The third-order valence-corrected chi connectivity index (χ3v) is 5.58. The minimum atomic E-state index is -1.20. The Balaban J connectivity index is 1.89.